The van der Waals surface area contributed by atoms with Crippen molar-refractivity contribution in [1.82, 2.24) is 4.98 Å². The van der Waals surface area contributed by atoms with Crippen LogP contribution in [0.3, 0.4) is 0 Å². The van der Waals surface area contributed by atoms with Crippen molar-refractivity contribution in [2.24, 2.45) is 0 Å². The number of hydrogen-bond donors (Lipinski definition) is 1. The molecule has 0 saturated carbocycles. The normalized spacial score (nSPS) is 13.9. The monoisotopic (exact) mass is 407 g/mol. The fourth-order valence-corrected chi connectivity index (χ4v) is 4.47. The minimum absolute atomic E-state index is 0.0333. The lowest BCUT2D eigenvalue weighted by atomic mass is 10.1. The number of morpholine rings is 1. The fraction of sp³-hybridized carbons (Fsp3) is 0.227. The van der Waals surface area contributed by atoms with Crippen LogP contribution in [0.1, 0.15) is 22.2 Å². The predicted molar refractivity (Wildman–Crippen MR) is 115 cm³/mol. The highest BCUT2D eigenvalue weighted by Gasteiger charge is 2.22. The van der Waals surface area contributed by atoms with Gasteiger partial charge in [0.25, 0.3) is 0 Å². The number of ether oxygens (including phenoxy) is 1. The van der Waals surface area contributed by atoms with E-state index in [9.17, 15) is 9.59 Å². The molecule has 1 aliphatic rings. The molecule has 1 amide bonds. The number of hydrogen-bond acceptors (Lipinski definition) is 6. The molecule has 0 atom stereocenters. The SMILES string of the molecule is CC(=O)Nc1ccc(C(=O)c2cc(-c3cccnc3)c(N3CCOCC3)s2)cc1. The zero-order valence-electron chi connectivity index (χ0n) is 16.1. The number of carbonyl (C=O) groups excluding carboxylic acids is 2. The van der Waals surface area contributed by atoms with E-state index in [1.807, 2.05) is 24.4 Å². The van der Waals surface area contributed by atoms with E-state index < -0.39 is 0 Å². The molecule has 1 aliphatic heterocycles. The maximum Gasteiger partial charge on any atom is 0.221 e. The summed E-state index contributed by atoms with van der Waals surface area (Å²) in [5.74, 6) is -0.173. The van der Waals surface area contributed by atoms with Gasteiger partial charge in [-0.15, -0.1) is 11.3 Å². The van der Waals surface area contributed by atoms with Crippen LogP contribution >= 0.6 is 11.3 Å². The van der Waals surface area contributed by atoms with Crippen molar-refractivity contribution in [3.05, 3.63) is 65.3 Å². The number of nitrogens with one attached hydrogen (secondary N) is 1. The second-order valence-electron chi connectivity index (χ2n) is 6.76. The third-order valence-electron chi connectivity index (χ3n) is 4.67. The highest BCUT2D eigenvalue weighted by molar-refractivity contribution is 7.18. The summed E-state index contributed by atoms with van der Waals surface area (Å²) in [5.41, 5.74) is 3.27. The third kappa shape index (κ3) is 4.36. The standard InChI is InChI=1S/C22H21N3O3S/c1-15(26)24-18-6-4-16(5-7-18)21(27)20-13-19(17-3-2-8-23-14-17)22(29-20)25-9-11-28-12-10-25/h2-8,13-14H,9-12H2,1H3,(H,24,26). The molecule has 4 rings (SSSR count). The number of ketones is 1. The topological polar surface area (TPSA) is 71.5 Å². The first kappa shape index (κ1) is 19.3. The minimum Gasteiger partial charge on any atom is -0.378 e. The lowest BCUT2D eigenvalue weighted by molar-refractivity contribution is -0.114. The van der Waals surface area contributed by atoms with Crippen LogP contribution in [0.4, 0.5) is 10.7 Å². The molecular formula is C22H21N3O3S. The number of carbonyl (C=O) groups is 2. The lowest BCUT2D eigenvalue weighted by Gasteiger charge is -2.28. The molecule has 1 aromatic carbocycles. The molecule has 148 valence electrons. The van der Waals surface area contributed by atoms with Gasteiger partial charge in [-0.1, -0.05) is 6.07 Å². The summed E-state index contributed by atoms with van der Waals surface area (Å²) in [6.07, 6.45) is 3.56. The molecule has 1 saturated heterocycles. The van der Waals surface area contributed by atoms with E-state index in [0.29, 0.717) is 29.3 Å². The predicted octanol–water partition coefficient (Wildman–Crippen LogP) is 3.84. The molecule has 3 aromatic rings. The Bertz CT molecular complexity index is 1010. The van der Waals surface area contributed by atoms with Crippen molar-refractivity contribution in [2.45, 2.75) is 6.92 Å². The van der Waals surface area contributed by atoms with Crippen LogP contribution in [0.2, 0.25) is 0 Å². The van der Waals surface area contributed by atoms with Crippen LogP contribution in [0.25, 0.3) is 11.1 Å². The Balaban J connectivity index is 1.67. The average molecular weight is 407 g/mol. The number of nitrogens with zero attached hydrogens (tertiary/aromatic N) is 2. The number of rotatable bonds is 5. The maximum atomic E-state index is 13.1. The number of benzene rings is 1. The molecule has 3 heterocycles. The van der Waals surface area contributed by atoms with Gasteiger partial charge in [-0.25, -0.2) is 0 Å². The number of pyridine rings is 1. The van der Waals surface area contributed by atoms with E-state index in [0.717, 1.165) is 29.2 Å². The fourth-order valence-electron chi connectivity index (χ4n) is 3.27. The quantitative estimate of drug-likeness (QED) is 0.651. The van der Waals surface area contributed by atoms with E-state index in [1.54, 1.807) is 30.5 Å². The van der Waals surface area contributed by atoms with Crippen molar-refractivity contribution in [1.29, 1.82) is 0 Å². The van der Waals surface area contributed by atoms with E-state index in [-0.39, 0.29) is 11.7 Å². The van der Waals surface area contributed by atoms with Crippen molar-refractivity contribution < 1.29 is 14.3 Å². The van der Waals surface area contributed by atoms with Crippen LogP contribution in [-0.4, -0.2) is 43.0 Å². The number of anilines is 2. The van der Waals surface area contributed by atoms with Crippen molar-refractivity contribution in [2.75, 3.05) is 36.5 Å². The second-order valence-corrected chi connectivity index (χ2v) is 7.79. The molecular weight excluding hydrogens is 386 g/mol. The number of thiophene rings is 1. The van der Waals surface area contributed by atoms with Gasteiger partial charge in [0.1, 0.15) is 0 Å². The molecule has 0 radical (unpaired) electrons. The summed E-state index contributed by atoms with van der Waals surface area (Å²) < 4.78 is 5.48. The molecule has 0 bridgehead atoms. The first-order chi connectivity index (χ1) is 14.1. The largest absolute Gasteiger partial charge is 0.378 e. The van der Waals surface area contributed by atoms with E-state index in [2.05, 4.69) is 15.2 Å². The van der Waals surface area contributed by atoms with E-state index in [4.69, 9.17) is 4.74 Å². The Hall–Kier alpha value is -3.03. The van der Waals surface area contributed by atoms with Gasteiger partial charge in [-0.05, 0) is 36.4 Å². The van der Waals surface area contributed by atoms with Gasteiger partial charge in [0, 0.05) is 54.8 Å². The zero-order valence-corrected chi connectivity index (χ0v) is 16.9. The van der Waals surface area contributed by atoms with Crippen LogP contribution in [0.15, 0.2) is 54.9 Å². The summed E-state index contributed by atoms with van der Waals surface area (Å²) >= 11 is 1.50. The Morgan fingerprint density at radius 3 is 2.55 bits per heavy atom. The summed E-state index contributed by atoms with van der Waals surface area (Å²) in [6, 6.07) is 12.8. The summed E-state index contributed by atoms with van der Waals surface area (Å²) in [6.45, 7) is 4.41. The van der Waals surface area contributed by atoms with E-state index in [1.165, 1.54) is 18.3 Å². The van der Waals surface area contributed by atoms with Crippen LogP contribution < -0.4 is 10.2 Å². The van der Waals surface area contributed by atoms with Gasteiger partial charge in [0.2, 0.25) is 11.7 Å². The molecule has 6 nitrogen and oxygen atoms in total. The summed E-state index contributed by atoms with van der Waals surface area (Å²) in [5, 5.41) is 3.78. The first-order valence-corrected chi connectivity index (χ1v) is 10.2. The van der Waals surface area contributed by atoms with Gasteiger partial charge in [-0.3, -0.25) is 14.6 Å². The molecule has 1 fully saturated rings. The van der Waals surface area contributed by atoms with Crippen molar-refractivity contribution in [3.8, 4) is 11.1 Å². The molecule has 1 N–H and O–H groups in total. The van der Waals surface area contributed by atoms with Crippen molar-refractivity contribution in [3.63, 3.8) is 0 Å². The molecule has 2 aromatic heterocycles. The Morgan fingerprint density at radius 2 is 1.90 bits per heavy atom. The van der Waals surface area contributed by atoms with Crippen LogP contribution in [0.5, 0.6) is 0 Å². The lowest BCUT2D eigenvalue weighted by Crippen LogP contribution is -2.35. The highest BCUT2D eigenvalue weighted by atomic mass is 32.1. The number of amides is 1. The van der Waals surface area contributed by atoms with Crippen LogP contribution in [-0.2, 0) is 9.53 Å². The van der Waals surface area contributed by atoms with Gasteiger partial charge in [0.15, 0.2) is 0 Å². The van der Waals surface area contributed by atoms with Gasteiger partial charge in [0.05, 0.1) is 23.1 Å². The highest BCUT2D eigenvalue weighted by Crippen LogP contribution is 2.40. The van der Waals surface area contributed by atoms with Gasteiger partial charge < -0.3 is 15.0 Å². The summed E-state index contributed by atoms with van der Waals surface area (Å²) in [4.78, 5) is 31.5. The Labute approximate surface area is 173 Å². The molecule has 7 heteroatoms. The van der Waals surface area contributed by atoms with Gasteiger partial charge in [-0.2, -0.15) is 0 Å². The smallest absolute Gasteiger partial charge is 0.221 e. The summed E-state index contributed by atoms with van der Waals surface area (Å²) in [7, 11) is 0. The van der Waals surface area contributed by atoms with Gasteiger partial charge >= 0.3 is 0 Å². The second kappa shape index (κ2) is 8.55. The van der Waals surface area contributed by atoms with E-state index >= 15 is 0 Å². The third-order valence-corrected chi connectivity index (χ3v) is 5.87. The van der Waals surface area contributed by atoms with Crippen molar-refractivity contribution >= 4 is 33.7 Å². The average Bonchev–Trinajstić information content (AvgIpc) is 3.20. The Kier molecular flexibility index (Phi) is 5.69. The Morgan fingerprint density at radius 1 is 1.14 bits per heavy atom. The molecule has 0 spiro atoms. The zero-order chi connectivity index (χ0) is 20.2. The number of aromatic nitrogens is 1. The minimum atomic E-state index is -0.140. The first-order valence-electron chi connectivity index (χ1n) is 9.41. The molecule has 0 unspecified atom stereocenters. The molecule has 0 aliphatic carbocycles. The molecule has 29 heavy (non-hydrogen) atoms. The maximum absolute atomic E-state index is 13.1. The van der Waals surface area contributed by atoms with Crippen LogP contribution in [0, 0.1) is 0 Å².